The number of rotatable bonds is 9. The number of carbonyl (C=O) groups is 2. The molecule has 8 heteroatoms. The van der Waals surface area contributed by atoms with Crippen molar-refractivity contribution < 1.29 is 19.2 Å². The van der Waals surface area contributed by atoms with Crippen LogP contribution in [0.1, 0.15) is 55.3 Å². The van der Waals surface area contributed by atoms with Crippen molar-refractivity contribution in [1.82, 2.24) is 10.1 Å². The zero-order valence-corrected chi connectivity index (χ0v) is 15.8. The summed E-state index contributed by atoms with van der Waals surface area (Å²) in [5.41, 5.74) is 1.67. The predicted molar refractivity (Wildman–Crippen MR) is 103 cm³/mol. The van der Waals surface area contributed by atoms with Crippen molar-refractivity contribution in [2.75, 3.05) is 11.1 Å². The van der Waals surface area contributed by atoms with E-state index in [0.29, 0.717) is 29.7 Å². The van der Waals surface area contributed by atoms with Crippen molar-refractivity contribution in [3.8, 4) is 0 Å². The Morgan fingerprint density at radius 2 is 2.11 bits per heavy atom. The van der Waals surface area contributed by atoms with Crippen LogP contribution < -0.4 is 5.32 Å². The summed E-state index contributed by atoms with van der Waals surface area (Å²) in [7, 11) is 0. The van der Waals surface area contributed by atoms with E-state index in [4.69, 9.17) is 9.63 Å². The SMILES string of the molecule is O=C(O)CSCc1cccc(NC(=O)CCc2nc(C3CCCC3)no2)c1. The minimum Gasteiger partial charge on any atom is -0.481 e. The number of hydrogen-bond acceptors (Lipinski definition) is 6. The van der Waals surface area contributed by atoms with E-state index in [2.05, 4.69) is 15.5 Å². The molecule has 7 nitrogen and oxygen atoms in total. The van der Waals surface area contributed by atoms with Gasteiger partial charge in [0.05, 0.1) is 5.75 Å². The molecule has 2 aromatic rings. The van der Waals surface area contributed by atoms with Crippen LogP contribution in [0.4, 0.5) is 5.69 Å². The number of thioether (sulfide) groups is 1. The summed E-state index contributed by atoms with van der Waals surface area (Å²) in [4.78, 5) is 27.2. The monoisotopic (exact) mass is 389 g/mol. The van der Waals surface area contributed by atoms with E-state index in [0.717, 1.165) is 24.2 Å². The maximum absolute atomic E-state index is 12.2. The van der Waals surface area contributed by atoms with E-state index in [-0.39, 0.29) is 18.1 Å². The van der Waals surface area contributed by atoms with E-state index in [1.54, 1.807) is 0 Å². The first-order valence-corrected chi connectivity index (χ1v) is 10.3. The van der Waals surface area contributed by atoms with Gasteiger partial charge in [-0.1, -0.05) is 30.1 Å². The quantitative estimate of drug-likeness (QED) is 0.675. The Morgan fingerprint density at radius 3 is 2.89 bits per heavy atom. The number of carboxylic acids is 1. The molecule has 1 heterocycles. The molecule has 0 spiro atoms. The maximum Gasteiger partial charge on any atom is 0.313 e. The average molecular weight is 389 g/mol. The van der Waals surface area contributed by atoms with Crippen LogP contribution in [0.3, 0.4) is 0 Å². The largest absolute Gasteiger partial charge is 0.481 e. The van der Waals surface area contributed by atoms with Gasteiger partial charge in [-0.05, 0) is 30.5 Å². The molecule has 27 heavy (non-hydrogen) atoms. The zero-order chi connectivity index (χ0) is 19.1. The Labute approximate surface area is 161 Å². The summed E-state index contributed by atoms with van der Waals surface area (Å²) in [6.07, 6.45) is 5.33. The molecule has 0 atom stereocenters. The maximum atomic E-state index is 12.2. The molecular weight excluding hydrogens is 366 g/mol. The number of benzene rings is 1. The minimum absolute atomic E-state index is 0.0591. The second-order valence-corrected chi connectivity index (χ2v) is 7.65. The van der Waals surface area contributed by atoms with E-state index >= 15 is 0 Å². The molecule has 3 rings (SSSR count). The van der Waals surface area contributed by atoms with Gasteiger partial charge in [-0.25, -0.2) is 0 Å². The normalized spacial score (nSPS) is 14.4. The molecule has 1 aromatic carbocycles. The number of aliphatic carboxylic acids is 1. The Hall–Kier alpha value is -2.35. The van der Waals surface area contributed by atoms with Crippen LogP contribution in [-0.4, -0.2) is 32.9 Å². The van der Waals surface area contributed by atoms with Gasteiger partial charge in [0.1, 0.15) is 0 Å². The van der Waals surface area contributed by atoms with Crippen molar-refractivity contribution in [3.63, 3.8) is 0 Å². The van der Waals surface area contributed by atoms with Crippen LogP contribution in [0.25, 0.3) is 0 Å². The molecule has 0 aliphatic heterocycles. The summed E-state index contributed by atoms with van der Waals surface area (Å²) in [5, 5.41) is 15.6. The van der Waals surface area contributed by atoms with Crippen LogP contribution in [0, 0.1) is 0 Å². The van der Waals surface area contributed by atoms with Gasteiger partial charge in [-0.15, -0.1) is 11.8 Å². The average Bonchev–Trinajstić information content (AvgIpc) is 3.31. The van der Waals surface area contributed by atoms with Crippen LogP contribution in [0.5, 0.6) is 0 Å². The number of aryl methyl sites for hydroxylation is 1. The highest BCUT2D eigenvalue weighted by Crippen LogP contribution is 2.32. The Kier molecular flexibility index (Phi) is 6.86. The summed E-state index contributed by atoms with van der Waals surface area (Å²) in [5.74, 6) is 1.37. The Bertz CT molecular complexity index is 787. The highest BCUT2D eigenvalue weighted by Gasteiger charge is 2.22. The standard InChI is InChI=1S/C19H23N3O4S/c23-16(8-9-17-21-19(22-26-17)14-5-1-2-6-14)20-15-7-3-4-13(10-15)11-27-12-18(24)25/h3-4,7,10,14H,1-2,5-6,8-9,11-12H2,(H,20,23)(H,24,25). The van der Waals surface area contributed by atoms with Crippen LogP contribution in [-0.2, 0) is 21.8 Å². The fourth-order valence-electron chi connectivity index (χ4n) is 3.16. The highest BCUT2D eigenvalue weighted by molar-refractivity contribution is 7.99. The first-order chi connectivity index (χ1) is 13.1. The van der Waals surface area contributed by atoms with Crippen molar-refractivity contribution >= 4 is 29.3 Å². The molecule has 1 aliphatic carbocycles. The van der Waals surface area contributed by atoms with Crippen molar-refractivity contribution in [2.45, 2.75) is 50.2 Å². The second kappa shape index (κ2) is 9.55. The Balaban J connectivity index is 1.45. The van der Waals surface area contributed by atoms with Crippen LogP contribution >= 0.6 is 11.8 Å². The van der Waals surface area contributed by atoms with Crippen molar-refractivity contribution in [3.05, 3.63) is 41.5 Å². The number of nitrogens with zero attached hydrogens (tertiary/aromatic N) is 2. The highest BCUT2D eigenvalue weighted by atomic mass is 32.2. The number of carbonyl (C=O) groups excluding carboxylic acids is 1. The van der Waals surface area contributed by atoms with E-state index < -0.39 is 5.97 Å². The van der Waals surface area contributed by atoms with Gasteiger partial charge in [0.25, 0.3) is 0 Å². The number of aromatic nitrogens is 2. The second-order valence-electron chi connectivity index (χ2n) is 6.66. The number of carboxylic acid groups (broad SMARTS) is 1. The van der Waals surface area contributed by atoms with Crippen molar-refractivity contribution in [2.24, 2.45) is 0 Å². The molecule has 144 valence electrons. The summed E-state index contributed by atoms with van der Waals surface area (Å²) in [6, 6.07) is 7.43. The fourth-order valence-corrected chi connectivity index (χ4v) is 3.85. The lowest BCUT2D eigenvalue weighted by Crippen LogP contribution is -2.12. The number of hydrogen-bond donors (Lipinski definition) is 2. The smallest absolute Gasteiger partial charge is 0.313 e. The molecule has 1 aliphatic rings. The topological polar surface area (TPSA) is 105 Å². The lowest BCUT2D eigenvalue weighted by atomic mass is 10.1. The van der Waals surface area contributed by atoms with Gasteiger partial charge >= 0.3 is 5.97 Å². The number of nitrogens with one attached hydrogen (secondary N) is 1. The summed E-state index contributed by atoms with van der Waals surface area (Å²) >= 11 is 1.32. The van der Waals surface area contributed by atoms with Crippen molar-refractivity contribution in [1.29, 1.82) is 0 Å². The fraction of sp³-hybridized carbons (Fsp3) is 0.474. The summed E-state index contributed by atoms with van der Waals surface area (Å²) < 4.78 is 5.27. The van der Waals surface area contributed by atoms with E-state index in [1.807, 2.05) is 24.3 Å². The first-order valence-electron chi connectivity index (χ1n) is 9.11. The van der Waals surface area contributed by atoms with Gasteiger partial charge in [0.15, 0.2) is 5.82 Å². The number of amides is 1. The third kappa shape index (κ3) is 6.09. The molecule has 0 saturated heterocycles. The molecule has 1 amide bonds. The third-order valence-electron chi connectivity index (χ3n) is 4.48. The minimum atomic E-state index is -0.832. The third-order valence-corrected chi connectivity index (χ3v) is 5.46. The van der Waals surface area contributed by atoms with Gasteiger partial charge in [0, 0.05) is 30.2 Å². The molecule has 2 N–H and O–H groups in total. The molecule has 0 radical (unpaired) electrons. The summed E-state index contributed by atoms with van der Waals surface area (Å²) in [6.45, 7) is 0. The molecular formula is C19H23N3O4S. The lowest BCUT2D eigenvalue weighted by Gasteiger charge is -2.06. The molecule has 0 bridgehead atoms. The molecule has 1 fully saturated rings. The molecule has 1 aromatic heterocycles. The Morgan fingerprint density at radius 1 is 1.30 bits per heavy atom. The molecule has 0 unspecified atom stereocenters. The van der Waals surface area contributed by atoms with Crippen LogP contribution in [0.15, 0.2) is 28.8 Å². The molecule has 1 saturated carbocycles. The van der Waals surface area contributed by atoms with Gasteiger partial charge in [0.2, 0.25) is 11.8 Å². The van der Waals surface area contributed by atoms with E-state index in [9.17, 15) is 9.59 Å². The first kappa shape index (κ1) is 19.4. The van der Waals surface area contributed by atoms with Gasteiger partial charge < -0.3 is 14.9 Å². The predicted octanol–water partition coefficient (Wildman–Crippen LogP) is 3.62. The van der Waals surface area contributed by atoms with E-state index in [1.165, 1.54) is 24.6 Å². The number of anilines is 1. The lowest BCUT2D eigenvalue weighted by molar-refractivity contribution is -0.133. The van der Waals surface area contributed by atoms with Gasteiger partial charge in [-0.2, -0.15) is 4.98 Å². The zero-order valence-electron chi connectivity index (χ0n) is 15.0. The van der Waals surface area contributed by atoms with Crippen LogP contribution in [0.2, 0.25) is 0 Å². The van der Waals surface area contributed by atoms with Gasteiger partial charge in [-0.3, -0.25) is 9.59 Å².